The average molecular weight is 1030 g/mol. The first-order valence-electron chi connectivity index (χ1n) is 24.5. The standard InChI is InChI=1S/C59H41F3N16/c1-28-65-29(2)70-55(69-28)37-10-16-48-43(22-37)44-23-38(56-71-30(3)66-31(4)72-56)11-17-49(44)77(48)52-20-36(27-63)21-53(54(52)42-15-14-41(59(60,61)62)26-47(42)64-9)78-50-18-12-39(57-73-32(5)67-33(6)74-57)24-45(50)46-25-40(13-19-51(46)78)58-75-34(7)68-35(8)76-58/h10-26H,1-8H3. The van der Waals surface area contributed by atoms with Crippen LogP contribution in [0.1, 0.15) is 57.7 Å². The van der Waals surface area contributed by atoms with E-state index in [1.54, 1.807) is 67.5 Å². The minimum Gasteiger partial charge on any atom is -0.309 e. The highest BCUT2D eigenvalue weighted by molar-refractivity contribution is 6.14. The quantitative estimate of drug-likeness (QED) is 0.137. The molecule has 0 atom stereocenters. The van der Waals surface area contributed by atoms with Gasteiger partial charge < -0.3 is 9.13 Å². The highest BCUT2D eigenvalue weighted by Gasteiger charge is 2.33. The van der Waals surface area contributed by atoms with Crippen LogP contribution in [0.25, 0.3) is 117 Å². The first-order chi connectivity index (χ1) is 37.4. The van der Waals surface area contributed by atoms with Crippen molar-refractivity contribution >= 4 is 49.3 Å². The predicted octanol–water partition coefficient (Wildman–Crippen LogP) is 12.9. The van der Waals surface area contributed by atoms with E-state index in [4.69, 9.17) is 6.57 Å². The number of aromatic nitrogens is 14. The van der Waals surface area contributed by atoms with Crippen LogP contribution >= 0.6 is 0 Å². The Morgan fingerprint density at radius 1 is 0.423 bits per heavy atom. The van der Waals surface area contributed by atoms with Gasteiger partial charge >= 0.3 is 6.18 Å². The van der Waals surface area contributed by atoms with Gasteiger partial charge in [-0.05, 0) is 152 Å². The van der Waals surface area contributed by atoms with Crippen molar-refractivity contribution < 1.29 is 13.2 Å². The first kappa shape index (κ1) is 48.7. The number of halogens is 3. The Morgan fingerprint density at radius 2 is 0.731 bits per heavy atom. The Labute approximate surface area is 443 Å². The fraction of sp³-hybridized carbons (Fsp3) is 0.153. The van der Waals surface area contributed by atoms with Gasteiger partial charge in [-0.25, -0.2) is 64.7 Å². The fourth-order valence-electron chi connectivity index (χ4n) is 10.4. The van der Waals surface area contributed by atoms with Gasteiger partial charge in [-0.1, -0.05) is 12.1 Å². The van der Waals surface area contributed by atoms with Gasteiger partial charge in [-0.3, -0.25) is 0 Å². The van der Waals surface area contributed by atoms with Crippen molar-refractivity contribution in [3.05, 3.63) is 172 Å². The summed E-state index contributed by atoms with van der Waals surface area (Å²) in [4.78, 5) is 58.9. The molecular weight excluding hydrogens is 990 g/mol. The second-order valence-electron chi connectivity index (χ2n) is 19.0. The lowest BCUT2D eigenvalue weighted by Crippen LogP contribution is -2.07. The summed E-state index contributed by atoms with van der Waals surface area (Å²) >= 11 is 0. The second kappa shape index (κ2) is 18.2. The van der Waals surface area contributed by atoms with Gasteiger partial charge in [0.15, 0.2) is 29.0 Å². The lowest BCUT2D eigenvalue weighted by molar-refractivity contribution is -0.137. The van der Waals surface area contributed by atoms with Gasteiger partial charge in [-0.15, -0.1) is 0 Å². The Bertz CT molecular complexity index is 4090. The summed E-state index contributed by atoms with van der Waals surface area (Å²) in [6, 6.07) is 32.3. The molecule has 12 rings (SSSR count). The van der Waals surface area contributed by atoms with Crippen LogP contribution in [0.15, 0.2) is 103 Å². The summed E-state index contributed by atoms with van der Waals surface area (Å²) in [5.41, 5.74) is 5.82. The summed E-state index contributed by atoms with van der Waals surface area (Å²) in [6.45, 7) is 22.9. The van der Waals surface area contributed by atoms with Gasteiger partial charge in [0, 0.05) is 54.9 Å². The largest absolute Gasteiger partial charge is 0.415 e. The Hall–Kier alpha value is -10.3. The number of alkyl halides is 3. The molecule has 16 nitrogen and oxygen atoms in total. The SMILES string of the molecule is [C-]#[N+]c1cc(C(F)(F)F)ccc1-c1c(-n2c3ccc(-c4nc(C)nc(C)n4)cc3c3cc(-c4nc(C)nc(C)n4)ccc32)cc(C#N)cc1-n1c2ccc(-c3nc(C)nc(C)n3)cc2c2cc(-c3nc(C)nc(C)n3)ccc21. The lowest BCUT2D eigenvalue weighted by atomic mass is 9.95. The fourth-order valence-corrected chi connectivity index (χ4v) is 10.4. The van der Waals surface area contributed by atoms with Gasteiger partial charge in [0.25, 0.3) is 0 Å². The third kappa shape index (κ3) is 8.43. The molecule has 0 aliphatic rings. The van der Waals surface area contributed by atoms with E-state index in [1.807, 2.05) is 81.9 Å². The van der Waals surface area contributed by atoms with E-state index < -0.39 is 11.7 Å². The van der Waals surface area contributed by atoms with Crippen LogP contribution in [0.4, 0.5) is 18.9 Å². The van der Waals surface area contributed by atoms with E-state index in [0.717, 1.165) is 33.7 Å². The maximum atomic E-state index is 14.6. The summed E-state index contributed by atoms with van der Waals surface area (Å²) in [7, 11) is 0. The minimum absolute atomic E-state index is 0.193. The summed E-state index contributed by atoms with van der Waals surface area (Å²) in [6.07, 6.45) is -4.75. The average Bonchev–Trinajstić information content (AvgIpc) is 4.14. The molecule has 378 valence electrons. The molecule has 0 fully saturated rings. The number of nitrogens with zero attached hydrogens (tertiary/aromatic N) is 16. The van der Waals surface area contributed by atoms with Crippen LogP contribution in [0.5, 0.6) is 0 Å². The van der Waals surface area contributed by atoms with Crippen LogP contribution in [0.2, 0.25) is 0 Å². The van der Waals surface area contributed by atoms with Gasteiger partial charge in [0.05, 0.1) is 51.6 Å². The molecule has 0 radical (unpaired) electrons. The van der Waals surface area contributed by atoms with E-state index in [1.165, 1.54) is 6.07 Å². The zero-order chi connectivity index (χ0) is 54.5. The van der Waals surface area contributed by atoms with E-state index in [0.29, 0.717) is 131 Å². The van der Waals surface area contributed by atoms with Crippen LogP contribution in [0, 0.1) is 73.3 Å². The van der Waals surface area contributed by atoms with Crippen LogP contribution in [-0.4, -0.2) is 68.9 Å². The molecule has 0 aliphatic heterocycles. The third-order valence-corrected chi connectivity index (χ3v) is 13.4. The van der Waals surface area contributed by atoms with Crippen molar-refractivity contribution in [3.8, 4) is 74.1 Å². The molecule has 0 aliphatic carbocycles. The molecule has 0 saturated heterocycles. The van der Waals surface area contributed by atoms with Gasteiger partial charge in [0.1, 0.15) is 46.6 Å². The van der Waals surface area contributed by atoms with E-state index in [-0.39, 0.29) is 16.8 Å². The zero-order valence-corrected chi connectivity index (χ0v) is 43.1. The zero-order valence-electron chi connectivity index (χ0n) is 43.1. The highest BCUT2D eigenvalue weighted by atomic mass is 19.4. The highest BCUT2D eigenvalue weighted by Crippen LogP contribution is 2.48. The van der Waals surface area contributed by atoms with Crippen molar-refractivity contribution in [3.63, 3.8) is 0 Å². The van der Waals surface area contributed by atoms with Crippen LogP contribution in [-0.2, 0) is 6.18 Å². The molecule has 0 N–H and O–H groups in total. The van der Waals surface area contributed by atoms with E-state index >= 15 is 0 Å². The maximum Gasteiger partial charge on any atom is 0.415 e. The number of fused-ring (bicyclic) bond motifs is 6. The van der Waals surface area contributed by atoms with Crippen molar-refractivity contribution in [1.82, 2.24) is 68.9 Å². The predicted molar refractivity (Wildman–Crippen MR) is 290 cm³/mol. The lowest BCUT2D eigenvalue weighted by Gasteiger charge is -2.22. The Morgan fingerprint density at radius 3 is 1.00 bits per heavy atom. The molecule has 0 unspecified atom stereocenters. The Balaban J connectivity index is 1.23. The molecule has 6 aromatic heterocycles. The minimum atomic E-state index is -4.75. The summed E-state index contributed by atoms with van der Waals surface area (Å²) in [5, 5.41) is 14.1. The van der Waals surface area contributed by atoms with E-state index in [9.17, 15) is 18.4 Å². The molecular formula is C59H41F3N16. The van der Waals surface area contributed by atoms with Gasteiger partial charge in [0.2, 0.25) is 0 Å². The topological polar surface area (TPSA) is 193 Å². The second-order valence-corrected chi connectivity index (χ2v) is 19.0. The number of rotatable bonds is 7. The van der Waals surface area contributed by atoms with Crippen LogP contribution < -0.4 is 0 Å². The Kier molecular flexibility index (Phi) is 11.4. The molecule has 78 heavy (non-hydrogen) atoms. The van der Waals surface area contributed by atoms with Crippen LogP contribution in [0.3, 0.4) is 0 Å². The molecule has 0 amide bonds. The summed E-state index contributed by atoms with van der Waals surface area (Å²) < 4.78 is 47.9. The van der Waals surface area contributed by atoms with Crippen molar-refractivity contribution in [2.45, 2.75) is 61.6 Å². The molecule has 6 aromatic carbocycles. The van der Waals surface area contributed by atoms with Gasteiger partial charge in [-0.2, -0.15) is 18.4 Å². The number of aryl methyl sites for hydroxylation is 8. The monoisotopic (exact) mass is 1030 g/mol. The van der Waals surface area contributed by atoms with Crippen molar-refractivity contribution in [1.29, 1.82) is 5.26 Å². The molecule has 0 saturated carbocycles. The molecule has 12 aromatic rings. The summed E-state index contributed by atoms with van der Waals surface area (Å²) in [5.74, 6) is 6.21. The van der Waals surface area contributed by atoms with Crippen molar-refractivity contribution in [2.24, 2.45) is 0 Å². The molecule has 0 bridgehead atoms. The maximum absolute atomic E-state index is 14.6. The normalized spacial score (nSPS) is 11.8. The third-order valence-electron chi connectivity index (χ3n) is 13.4. The number of hydrogen-bond donors (Lipinski definition) is 0. The number of benzene rings is 6. The molecule has 0 spiro atoms. The molecule has 6 heterocycles. The van der Waals surface area contributed by atoms with E-state index in [2.05, 4.69) is 70.7 Å². The van der Waals surface area contributed by atoms with Crippen molar-refractivity contribution in [2.75, 3.05) is 0 Å². The molecule has 19 heteroatoms. The number of nitriles is 1. The first-order valence-corrected chi connectivity index (χ1v) is 24.5. The smallest absolute Gasteiger partial charge is 0.309 e. The number of hydrogen-bond acceptors (Lipinski definition) is 13.